The largest absolute Gasteiger partial charge is 0.461 e. The molecule has 4 nitrogen and oxygen atoms in total. The van der Waals surface area contributed by atoms with E-state index in [0.717, 1.165) is 21.8 Å². The van der Waals surface area contributed by atoms with Gasteiger partial charge in [0.1, 0.15) is 0 Å². The summed E-state index contributed by atoms with van der Waals surface area (Å²) in [5.74, 6) is 0. The van der Waals surface area contributed by atoms with Gasteiger partial charge in [0.05, 0.1) is 17.2 Å². The fourth-order valence-electron chi connectivity index (χ4n) is 1.91. The van der Waals surface area contributed by atoms with Gasteiger partial charge in [0.25, 0.3) is 0 Å². The highest BCUT2D eigenvalue weighted by atomic mass is 35.5. The minimum absolute atomic E-state index is 0.105. The van der Waals surface area contributed by atoms with E-state index >= 15 is 0 Å². The monoisotopic (exact) mass is 305 g/mol. The maximum atomic E-state index is 6.18. The van der Waals surface area contributed by atoms with Gasteiger partial charge in [-0.1, -0.05) is 23.4 Å². The number of aryl methyl sites for hydroxylation is 1. The Morgan fingerprint density at radius 1 is 1.30 bits per heavy atom. The van der Waals surface area contributed by atoms with E-state index in [4.69, 9.17) is 16.0 Å². The molecule has 3 heterocycles. The van der Waals surface area contributed by atoms with Crippen LogP contribution in [0.25, 0.3) is 11.0 Å². The lowest BCUT2D eigenvalue weighted by Crippen LogP contribution is -1.95. The van der Waals surface area contributed by atoms with Gasteiger partial charge in [-0.2, -0.15) is 0 Å². The van der Waals surface area contributed by atoms with Crippen LogP contribution in [0.15, 0.2) is 40.4 Å². The molecule has 6 heteroatoms. The molecular formula is C14H12ClN3OS. The predicted octanol–water partition coefficient (Wildman–Crippen LogP) is 4.43. The number of hydrogen-bond donors (Lipinski definition) is 0. The maximum absolute atomic E-state index is 6.18. The third-order valence-electron chi connectivity index (χ3n) is 2.97. The van der Waals surface area contributed by atoms with Gasteiger partial charge in [0.2, 0.25) is 0 Å². The smallest absolute Gasteiger partial charge is 0.188 e. The van der Waals surface area contributed by atoms with Gasteiger partial charge in [0.15, 0.2) is 15.9 Å². The van der Waals surface area contributed by atoms with Crippen molar-refractivity contribution in [2.24, 2.45) is 0 Å². The molecule has 20 heavy (non-hydrogen) atoms. The lowest BCUT2D eigenvalue weighted by molar-refractivity contribution is 0.611. The molecule has 0 amide bonds. The van der Waals surface area contributed by atoms with E-state index in [-0.39, 0.29) is 5.25 Å². The summed E-state index contributed by atoms with van der Waals surface area (Å²) in [5.41, 5.74) is 2.59. The number of aromatic nitrogens is 3. The van der Waals surface area contributed by atoms with Crippen molar-refractivity contribution in [2.45, 2.75) is 24.3 Å². The molecule has 0 radical (unpaired) electrons. The van der Waals surface area contributed by atoms with Gasteiger partial charge < -0.3 is 4.42 Å². The molecule has 3 aromatic rings. The average molecular weight is 306 g/mol. The first kappa shape index (κ1) is 13.4. The summed E-state index contributed by atoms with van der Waals surface area (Å²) in [6, 6.07) is 3.81. The Morgan fingerprint density at radius 3 is 2.80 bits per heavy atom. The number of thioether (sulfide) groups is 1. The first-order valence-electron chi connectivity index (χ1n) is 6.13. The summed E-state index contributed by atoms with van der Waals surface area (Å²) in [4.78, 5) is 12.8. The van der Waals surface area contributed by atoms with Crippen LogP contribution >= 0.6 is 23.4 Å². The average Bonchev–Trinajstić information content (AvgIpc) is 2.82. The summed E-state index contributed by atoms with van der Waals surface area (Å²) < 4.78 is 5.41. The zero-order valence-corrected chi connectivity index (χ0v) is 12.6. The van der Waals surface area contributed by atoms with Crippen molar-refractivity contribution < 1.29 is 4.42 Å². The number of fused-ring (bicyclic) bond motifs is 1. The topological polar surface area (TPSA) is 51.8 Å². The van der Waals surface area contributed by atoms with Crippen molar-refractivity contribution in [3.05, 3.63) is 47.2 Å². The minimum atomic E-state index is 0.105. The number of furan rings is 1. The lowest BCUT2D eigenvalue weighted by Gasteiger charge is -2.10. The van der Waals surface area contributed by atoms with E-state index in [9.17, 15) is 0 Å². The van der Waals surface area contributed by atoms with Gasteiger partial charge in [-0.15, -0.1) is 0 Å². The fourth-order valence-corrected chi connectivity index (χ4v) is 2.95. The van der Waals surface area contributed by atoms with Crippen LogP contribution in [0.1, 0.15) is 23.4 Å². The second kappa shape index (κ2) is 5.42. The Kier molecular flexibility index (Phi) is 3.63. The zero-order valence-electron chi connectivity index (χ0n) is 11.0. The van der Waals surface area contributed by atoms with Crippen LogP contribution in [-0.2, 0) is 0 Å². The molecule has 0 aliphatic carbocycles. The first-order chi connectivity index (χ1) is 9.65. The van der Waals surface area contributed by atoms with E-state index in [2.05, 4.69) is 21.9 Å². The summed E-state index contributed by atoms with van der Waals surface area (Å²) >= 11 is 7.73. The normalized spacial score (nSPS) is 12.8. The number of pyridine rings is 1. The van der Waals surface area contributed by atoms with E-state index in [1.165, 1.54) is 0 Å². The third-order valence-corrected chi connectivity index (χ3v) is 4.24. The Bertz CT molecular complexity index is 745. The quantitative estimate of drug-likeness (QED) is 0.407. The summed E-state index contributed by atoms with van der Waals surface area (Å²) in [7, 11) is 0. The molecule has 1 atom stereocenters. The van der Waals surface area contributed by atoms with E-state index < -0.39 is 0 Å². The molecule has 0 N–H and O–H groups in total. The molecule has 0 aromatic carbocycles. The first-order valence-corrected chi connectivity index (χ1v) is 7.39. The van der Waals surface area contributed by atoms with Gasteiger partial charge in [-0.25, -0.2) is 15.0 Å². The number of hydrogen-bond acceptors (Lipinski definition) is 5. The molecule has 3 rings (SSSR count). The fraction of sp³-hybridized carbons (Fsp3) is 0.214. The summed E-state index contributed by atoms with van der Waals surface area (Å²) in [5, 5.41) is 2.23. The molecule has 0 bridgehead atoms. The molecule has 0 fully saturated rings. The summed E-state index contributed by atoms with van der Waals surface area (Å²) in [6.45, 7) is 4.05. The highest BCUT2D eigenvalue weighted by Gasteiger charge is 2.16. The van der Waals surface area contributed by atoms with Crippen LogP contribution in [-0.4, -0.2) is 15.0 Å². The Labute approximate surface area is 125 Å². The lowest BCUT2D eigenvalue weighted by atomic mass is 10.2. The maximum Gasteiger partial charge on any atom is 0.188 e. The van der Waals surface area contributed by atoms with Crippen molar-refractivity contribution in [3.8, 4) is 0 Å². The zero-order chi connectivity index (χ0) is 14.1. The molecule has 3 aromatic heterocycles. The standard InChI is InChI=1S/C14H12ClN3OS/c1-8-7-19-12-10(8)6-11(18-13(12)15)9(2)20-14-16-4-3-5-17-14/h3-7,9H,1-2H3. The van der Waals surface area contributed by atoms with Crippen LogP contribution in [0, 0.1) is 6.92 Å². The molecule has 0 aliphatic rings. The molecular weight excluding hydrogens is 294 g/mol. The second-order valence-corrected chi connectivity index (χ2v) is 6.09. The van der Waals surface area contributed by atoms with E-state index in [0.29, 0.717) is 10.7 Å². The number of halogens is 1. The van der Waals surface area contributed by atoms with Crippen LogP contribution in [0.2, 0.25) is 5.15 Å². The highest BCUT2D eigenvalue weighted by molar-refractivity contribution is 7.99. The van der Waals surface area contributed by atoms with Crippen LogP contribution in [0.5, 0.6) is 0 Å². The van der Waals surface area contributed by atoms with Crippen molar-refractivity contribution in [2.75, 3.05) is 0 Å². The molecule has 0 saturated carbocycles. The highest BCUT2D eigenvalue weighted by Crippen LogP contribution is 2.35. The van der Waals surface area contributed by atoms with Crippen molar-refractivity contribution >= 4 is 34.3 Å². The molecule has 102 valence electrons. The second-order valence-electron chi connectivity index (χ2n) is 4.42. The van der Waals surface area contributed by atoms with Gasteiger partial charge in [-0.3, -0.25) is 0 Å². The van der Waals surface area contributed by atoms with Crippen LogP contribution in [0.3, 0.4) is 0 Å². The van der Waals surface area contributed by atoms with Gasteiger partial charge >= 0.3 is 0 Å². The van der Waals surface area contributed by atoms with E-state index in [1.54, 1.807) is 36.5 Å². The number of nitrogens with zero attached hydrogens (tertiary/aromatic N) is 3. The Balaban J connectivity index is 1.95. The van der Waals surface area contributed by atoms with Crippen molar-refractivity contribution in [1.82, 2.24) is 15.0 Å². The molecule has 0 aliphatic heterocycles. The van der Waals surface area contributed by atoms with E-state index in [1.807, 2.05) is 13.0 Å². The minimum Gasteiger partial charge on any atom is -0.461 e. The molecule has 0 spiro atoms. The number of rotatable bonds is 3. The van der Waals surface area contributed by atoms with Crippen molar-refractivity contribution in [3.63, 3.8) is 0 Å². The van der Waals surface area contributed by atoms with Crippen LogP contribution < -0.4 is 0 Å². The molecule has 0 saturated heterocycles. The van der Waals surface area contributed by atoms with Gasteiger partial charge in [0, 0.05) is 17.8 Å². The third kappa shape index (κ3) is 2.51. The Hall–Kier alpha value is -1.59. The predicted molar refractivity (Wildman–Crippen MR) is 80.1 cm³/mol. The van der Waals surface area contributed by atoms with Gasteiger partial charge in [-0.05, 0) is 31.5 Å². The van der Waals surface area contributed by atoms with Crippen molar-refractivity contribution in [1.29, 1.82) is 0 Å². The van der Waals surface area contributed by atoms with Crippen LogP contribution in [0.4, 0.5) is 0 Å². The Morgan fingerprint density at radius 2 is 2.05 bits per heavy atom. The molecule has 1 unspecified atom stereocenters. The summed E-state index contributed by atoms with van der Waals surface area (Å²) in [6.07, 6.45) is 5.15. The SMILES string of the molecule is Cc1coc2c(Cl)nc(C(C)Sc3ncccn3)cc12.